The van der Waals surface area contributed by atoms with Crippen LogP contribution in [0.1, 0.15) is 40.7 Å². The number of nitrogens with one attached hydrogen (secondary N) is 1. The molecule has 0 bridgehead atoms. The Morgan fingerprint density at radius 1 is 1.12 bits per heavy atom. The average molecular weight is 333 g/mol. The lowest BCUT2D eigenvalue weighted by Crippen LogP contribution is -2.25. The molecule has 0 spiro atoms. The Labute approximate surface area is 146 Å². The minimum Gasteiger partial charge on any atom is -0.481 e. The van der Waals surface area contributed by atoms with Gasteiger partial charge in [-0.15, -0.1) is 0 Å². The molecule has 0 fully saturated rings. The Kier molecular flexibility index (Phi) is 5.15. The van der Waals surface area contributed by atoms with E-state index in [1.807, 2.05) is 30.3 Å². The third kappa shape index (κ3) is 3.89. The van der Waals surface area contributed by atoms with E-state index in [1.54, 1.807) is 6.07 Å². The van der Waals surface area contributed by atoms with Crippen LogP contribution in [0, 0.1) is 11.8 Å². The third-order valence-electron chi connectivity index (χ3n) is 4.19. The van der Waals surface area contributed by atoms with Crippen LogP contribution in [0.15, 0.2) is 42.5 Å². The van der Waals surface area contributed by atoms with Crippen molar-refractivity contribution in [3.05, 3.63) is 59.2 Å². The van der Waals surface area contributed by atoms with Crippen LogP contribution in [0.4, 0.5) is 0 Å². The minimum absolute atomic E-state index is 0.0431. The van der Waals surface area contributed by atoms with Crippen LogP contribution in [-0.4, -0.2) is 23.5 Å². The van der Waals surface area contributed by atoms with Crippen molar-refractivity contribution in [3.8, 4) is 23.0 Å². The van der Waals surface area contributed by atoms with Crippen LogP contribution in [0.3, 0.4) is 0 Å². The molecule has 1 aliphatic rings. The highest BCUT2D eigenvalue weighted by molar-refractivity contribution is 6.02. The molecule has 4 heteroatoms. The molecule has 0 atom stereocenters. The van der Waals surface area contributed by atoms with Crippen molar-refractivity contribution in [2.45, 2.75) is 25.7 Å². The first-order valence-electron chi connectivity index (χ1n) is 8.37. The fourth-order valence-electron chi connectivity index (χ4n) is 3.01. The summed E-state index contributed by atoms with van der Waals surface area (Å²) in [5.74, 6) is 5.29. The van der Waals surface area contributed by atoms with Crippen LogP contribution < -0.4 is 5.32 Å². The van der Waals surface area contributed by atoms with E-state index in [-0.39, 0.29) is 12.3 Å². The molecule has 4 nitrogen and oxygen atoms in total. The van der Waals surface area contributed by atoms with Gasteiger partial charge in [-0.3, -0.25) is 9.59 Å². The summed E-state index contributed by atoms with van der Waals surface area (Å²) in [5, 5.41) is 11.5. The summed E-state index contributed by atoms with van der Waals surface area (Å²) < 4.78 is 0. The normalized spacial score (nSPS) is 11.8. The lowest BCUT2D eigenvalue weighted by molar-refractivity contribution is -0.137. The van der Waals surface area contributed by atoms with E-state index < -0.39 is 5.97 Å². The molecule has 3 rings (SSSR count). The van der Waals surface area contributed by atoms with E-state index in [9.17, 15) is 9.59 Å². The Morgan fingerprint density at radius 2 is 1.96 bits per heavy atom. The molecule has 2 aromatic rings. The summed E-state index contributed by atoms with van der Waals surface area (Å²) in [6.07, 6.45) is 2.10. The first kappa shape index (κ1) is 16.8. The number of fused-ring (bicyclic) bond motifs is 3. The summed E-state index contributed by atoms with van der Waals surface area (Å²) in [4.78, 5) is 23.2. The molecular formula is C21H19NO3. The zero-order valence-electron chi connectivity index (χ0n) is 13.8. The van der Waals surface area contributed by atoms with Crippen LogP contribution >= 0.6 is 0 Å². The molecule has 2 aromatic carbocycles. The van der Waals surface area contributed by atoms with Crippen molar-refractivity contribution in [2.24, 2.45) is 0 Å². The molecule has 25 heavy (non-hydrogen) atoms. The molecule has 0 aromatic heterocycles. The molecule has 2 N–H and O–H groups in total. The minimum atomic E-state index is -0.858. The number of carboxylic acids is 1. The van der Waals surface area contributed by atoms with Gasteiger partial charge in [0, 0.05) is 36.1 Å². The van der Waals surface area contributed by atoms with Gasteiger partial charge < -0.3 is 10.4 Å². The number of aliphatic carboxylic acids is 1. The van der Waals surface area contributed by atoms with Crippen LogP contribution in [0.2, 0.25) is 0 Å². The largest absolute Gasteiger partial charge is 0.481 e. The molecule has 0 aliphatic heterocycles. The van der Waals surface area contributed by atoms with Crippen LogP contribution in [-0.2, 0) is 11.2 Å². The van der Waals surface area contributed by atoms with Crippen molar-refractivity contribution in [1.82, 2.24) is 5.32 Å². The highest BCUT2D eigenvalue weighted by Gasteiger charge is 2.18. The summed E-state index contributed by atoms with van der Waals surface area (Å²) in [7, 11) is 0. The molecule has 0 unspecified atom stereocenters. The smallest absolute Gasteiger partial charge is 0.303 e. The zero-order valence-corrected chi connectivity index (χ0v) is 13.8. The van der Waals surface area contributed by atoms with Crippen molar-refractivity contribution in [1.29, 1.82) is 0 Å². The zero-order chi connectivity index (χ0) is 17.6. The second-order valence-electron chi connectivity index (χ2n) is 5.94. The predicted octanol–water partition coefficient (Wildman–Crippen LogP) is 3.25. The third-order valence-corrected chi connectivity index (χ3v) is 4.19. The topological polar surface area (TPSA) is 66.4 Å². The van der Waals surface area contributed by atoms with Crippen molar-refractivity contribution >= 4 is 11.9 Å². The maximum absolute atomic E-state index is 12.7. The highest BCUT2D eigenvalue weighted by atomic mass is 16.4. The summed E-state index contributed by atoms with van der Waals surface area (Å²) in [6, 6.07) is 13.7. The molecule has 1 aliphatic carbocycles. The van der Waals surface area contributed by atoms with Crippen molar-refractivity contribution in [2.75, 3.05) is 6.54 Å². The first-order chi connectivity index (χ1) is 12.2. The highest BCUT2D eigenvalue weighted by Crippen LogP contribution is 2.32. The Morgan fingerprint density at radius 3 is 2.80 bits per heavy atom. The van der Waals surface area contributed by atoms with Gasteiger partial charge in [-0.2, -0.15) is 0 Å². The van der Waals surface area contributed by atoms with E-state index in [2.05, 4.69) is 23.2 Å². The number of benzene rings is 2. The van der Waals surface area contributed by atoms with Gasteiger partial charge in [0.05, 0.1) is 0 Å². The van der Waals surface area contributed by atoms with Gasteiger partial charge in [-0.1, -0.05) is 42.2 Å². The van der Waals surface area contributed by atoms with E-state index in [0.717, 1.165) is 29.5 Å². The quantitative estimate of drug-likeness (QED) is 0.652. The number of carbonyl (C=O) groups excluding carboxylic acids is 1. The lowest BCUT2D eigenvalue weighted by Gasteiger charge is -2.17. The molecule has 0 saturated heterocycles. The molecule has 0 radical (unpaired) electrons. The second kappa shape index (κ2) is 7.67. The summed E-state index contributed by atoms with van der Waals surface area (Å²) in [6.45, 7) is 0.335. The van der Waals surface area contributed by atoms with E-state index in [4.69, 9.17) is 5.11 Å². The van der Waals surface area contributed by atoms with Crippen molar-refractivity contribution < 1.29 is 14.7 Å². The van der Waals surface area contributed by atoms with Crippen LogP contribution in [0.5, 0.6) is 0 Å². The van der Waals surface area contributed by atoms with Gasteiger partial charge in [-0.25, -0.2) is 0 Å². The van der Waals surface area contributed by atoms with E-state index in [1.165, 1.54) is 5.56 Å². The number of rotatable bonds is 5. The van der Waals surface area contributed by atoms with Gasteiger partial charge >= 0.3 is 5.97 Å². The van der Waals surface area contributed by atoms with Crippen LogP contribution in [0.25, 0.3) is 11.1 Å². The van der Waals surface area contributed by atoms with E-state index >= 15 is 0 Å². The van der Waals surface area contributed by atoms with Gasteiger partial charge in [0.1, 0.15) is 0 Å². The molecule has 0 saturated carbocycles. The number of hydrogen-bond acceptors (Lipinski definition) is 2. The van der Waals surface area contributed by atoms with Gasteiger partial charge in [0.25, 0.3) is 5.91 Å². The second-order valence-corrected chi connectivity index (χ2v) is 5.94. The van der Waals surface area contributed by atoms with Gasteiger partial charge in [-0.05, 0) is 36.1 Å². The number of carboxylic acid groups (broad SMARTS) is 1. The molecule has 0 heterocycles. The van der Waals surface area contributed by atoms with Gasteiger partial charge in [0.15, 0.2) is 0 Å². The summed E-state index contributed by atoms with van der Waals surface area (Å²) in [5.41, 5.74) is 4.52. The van der Waals surface area contributed by atoms with Gasteiger partial charge in [0.2, 0.25) is 0 Å². The first-order valence-corrected chi connectivity index (χ1v) is 8.37. The molecular weight excluding hydrogens is 314 g/mol. The van der Waals surface area contributed by atoms with Crippen molar-refractivity contribution in [3.63, 3.8) is 0 Å². The maximum Gasteiger partial charge on any atom is 0.303 e. The standard InChI is InChI=1S/C21H19NO3/c23-19(24)13-6-14-22-21(25)18-12-5-10-16-9-2-1-7-15-8-3-4-11-17(15)20(16)18/h3-5,8,10-12H,1,6-7,13-14H2,(H,22,25)(H,23,24). The molecule has 1 amide bonds. The number of amides is 1. The Bertz CT molecular complexity index is 874. The van der Waals surface area contributed by atoms with E-state index in [0.29, 0.717) is 18.5 Å². The fraction of sp³-hybridized carbons (Fsp3) is 0.238. The number of hydrogen-bond donors (Lipinski definition) is 2. The molecule has 126 valence electrons. The Hall–Kier alpha value is -3.06. The average Bonchev–Trinajstić information content (AvgIpc) is 2.60. The Balaban J connectivity index is 1.95. The lowest BCUT2D eigenvalue weighted by atomic mass is 9.88. The maximum atomic E-state index is 12.7. The predicted molar refractivity (Wildman–Crippen MR) is 96.3 cm³/mol. The number of carbonyl (C=O) groups is 2. The monoisotopic (exact) mass is 333 g/mol. The fourth-order valence-corrected chi connectivity index (χ4v) is 3.01. The summed E-state index contributed by atoms with van der Waals surface area (Å²) >= 11 is 0. The number of aryl methyl sites for hydroxylation is 1. The SMILES string of the molecule is O=C(O)CCCNC(=O)c1cccc2c1-c1ccccc1CCC#C2.